The van der Waals surface area contributed by atoms with Crippen molar-refractivity contribution in [3.05, 3.63) is 169 Å². The van der Waals surface area contributed by atoms with E-state index < -0.39 is 0 Å². The predicted octanol–water partition coefficient (Wildman–Crippen LogP) is 13.0. The Kier molecular flexibility index (Phi) is 6.87. The number of pyridine rings is 1. The van der Waals surface area contributed by atoms with Gasteiger partial charge in [-0.1, -0.05) is 127 Å². The number of rotatable bonds is 3. The minimum atomic E-state index is 0.0699. The van der Waals surface area contributed by atoms with Crippen LogP contribution in [0.1, 0.15) is 43.2 Å². The first kappa shape index (κ1) is 32.6. The highest BCUT2D eigenvalue weighted by Crippen LogP contribution is 2.69. The topological polar surface area (TPSA) is 51.6 Å². The Morgan fingerprint density at radius 2 is 0.828 bits per heavy atom. The van der Waals surface area contributed by atoms with Gasteiger partial charge in [0.2, 0.25) is 0 Å². The highest BCUT2D eigenvalue weighted by molar-refractivity contribution is 6.03. The highest BCUT2D eigenvalue weighted by atomic mass is 15.0. The minimum absolute atomic E-state index is 0.0699. The van der Waals surface area contributed by atoms with Crippen molar-refractivity contribution in [1.29, 1.82) is 0 Å². The summed E-state index contributed by atoms with van der Waals surface area (Å²) in [6, 6.07) is 52.9. The molecule has 1 spiro atoms. The van der Waals surface area contributed by atoms with E-state index in [0.717, 1.165) is 28.5 Å². The van der Waals surface area contributed by atoms with Gasteiger partial charge in [-0.3, -0.25) is 4.98 Å². The molecule has 0 aliphatic heterocycles. The molecule has 14 rings (SSSR count). The molecule has 8 aromatic rings. The second-order valence-electron chi connectivity index (χ2n) is 17.4. The molecule has 0 amide bonds. The van der Waals surface area contributed by atoms with Gasteiger partial charge in [-0.15, -0.1) is 0 Å². The van der Waals surface area contributed by atoms with Crippen LogP contribution in [0.15, 0.2) is 158 Å². The number of nitrogens with zero attached hydrogens (tertiary/aromatic N) is 4. The fourth-order valence-electron chi connectivity index (χ4n) is 12.5. The van der Waals surface area contributed by atoms with Crippen LogP contribution in [0.25, 0.3) is 89.8 Å². The molecule has 2 heterocycles. The van der Waals surface area contributed by atoms with Gasteiger partial charge in [0.05, 0.1) is 0 Å². The maximum absolute atomic E-state index is 5.35. The molecule has 4 nitrogen and oxygen atoms in total. The molecular formula is C54H40N4. The first-order valence-corrected chi connectivity index (χ1v) is 21.0. The molecule has 0 atom stereocenters. The van der Waals surface area contributed by atoms with E-state index in [1.54, 1.807) is 0 Å². The molecule has 58 heavy (non-hydrogen) atoms. The van der Waals surface area contributed by atoms with Gasteiger partial charge in [-0.05, 0) is 141 Å². The standard InChI is InChI=1S/C54H40N4/c1-2-10-34(11-3-1)51-56-52(35-18-20-45-43-16-7-6-14-41(43)39-12-4-5-13-40(39)42-15-8-9-17-44(42)47(45)29-35)58-53(57-51)36-19-21-49-48(30-36)46-22-23-55-31-50(46)54(49)37-25-32-24-33(27-37)28-38(54)26-32/h1-23,29-33,37-38H,24-28H2. The van der Waals surface area contributed by atoms with Crippen LogP contribution in [0.3, 0.4) is 0 Å². The van der Waals surface area contributed by atoms with Crippen molar-refractivity contribution in [2.45, 2.75) is 37.5 Å². The van der Waals surface area contributed by atoms with E-state index in [-0.39, 0.29) is 5.41 Å². The van der Waals surface area contributed by atoms with E-state index in [0.29, 0.717) is 29.3 Å². The maximum Gasteiger partial charge on any atom is 0.164 e. The Labute approximate surface area is 338 Å². The average molecular weight is 745 g/mol. The van der Waals surface area contributed by atoms with E-state index >= 15 is 0 Å². The molecule has 0 N–H and O–H groups in total. The van der Waals surface area contributed by atoms with E-state index in [2.05, 4.69) is 146 Å². The van der Waals surface area contributed by atoms with Gasteiger partial charge in [0.15, 0.2) is 17.5 Å². The zero-order valence-electron chi connectivity index (χ0n) is 32.1. The van der Waals surface area contributed by atoms with Crippen LogP contribution in [-0.2, 0) is 5.41 Å². The molecule has 4 saturated carbocycles. The second kappa shape index (κ2) is 12.2. The van der Waals surface area contributed by atoms with Crippen LogP contribution >= 0.6 is 0 Å². The lowest BCUT2D eigenvalue weighted by Gasteiger charge is -2.61. The average Bonchev–Trinajstić information content (AvgIpc) is 3.57. The van der Waals surface area contributed by atoms with E-state index in [1.807, 2.05) is 12.3 Å². The van der Waals surface area contributed by atoms with Crippen molar-refractivity contribution in [2.75, 3.05) is 0 Å². The lowest BCUT2D eigenvalue weighted by molar-refractivity contribution is -0.0400. The van der Waals surface area contributed by atoms with Gasteiger partial charge < -0.3 is 0 Å². The third kappa shape index (κ3) is 4.57. The van der Waals surface area contributed by atoms with Gasteiger partial charge in [0, 0.05) is 34.5 Å². The van der Waals surface area contributed by atoms with Crippen LogP contribution in [0, 0.1) is 23.7 Å². The van der Waals surface area contributed by atoms with Gasteiger partial charge >= 0.3 is 0 Å². The molecule has 4 heteroatoms. The quantitative estimate of drug-likeness (QED) is 0.181. The smallest absolute Gasteiger partial charge is 0.164 e. The zero-order chi connectivity index (χ0) is 38.0. The monoisotopic (exact) mass is 744 g/mol. The Balaban J connectivity index is 0.998. The molecule has 276 valence electrons. The fourth-order valence-corrected chi connectivity index (χ4v) is 12.5. The molecule has 6 aromatic carbocycles. The first-order valence-electron chi connectivity index (χ1n) is 21.0. The molecule has 0 radical (unpaired) electrons. The van der Waals surface area contributed by atoms with Crippen molar-refractivity contribution in [3.63, 3.8) is 0 Å². The molecule has 6 aliphatic rings. The summed E-state index contributed by atoms with van der Waals surface area (Å²) in [6.45, 7) is 0. The molecule has 2 aromatic heterocycles. The lowest BCUT2D eigenvalue weighted by atomic mass is 9.43. The van der Waals surface area contributed by atoms with Gasteiger partial charge in [0.1, 0.15) is 0 Å². The van der Waals surface area contributed by atoms with Gasteiger partial charge in [-0.25, -0.2) is 15.0 Å². The van der Waals surface area contributed by atoms with Crippen LogP contribution in [0.4, 0.5) is 0 Å². The van der Waals surface area contributed by atoms with Gasteiger partial charge in [-0.2, -0.15) is 0 Å². The third-order valence-corrected chi connectivity index (χ3v) is 14.6. The number of aromatic nitrogens is 4. The number of hydrogen-bond acceptors (Lipinski definition) is 4. The van der Waals surface area contributed by atoms with E-state index in [1.165, 1.54) is 98.9 Å². The normalized spacial score (nSPS) is 22.6. The summed E-state index contributed by atoms with van der Waals surface area (Å²) in [4.78, 5) is 20.6. The maximum atomic E-state index is 5.35. The fraction of sp³-hybridized carbons (Fsp3) is 0.185. The molecular weight excluding hydrogens is 705 g/mol. The summed E-state index contributed by atoms with van der Waals surface area (Å²) in [5.41, 5.74) is 18.4. The van der Waals surface area contributed by atoms with Crippen LogP contribution in [0.5, 0.6) is 0 Å². The van der Waals surface area contributed by atoms with Crippen LogP contribution in [-0.4, -0.2) is 19.9 Å². The number of fused-ring (bicyclic) bond motifs is 11. The van der Waals surface area contributed by atoms with Crippen molar-refractivity contribution in [1.82, 2.24) is 19.9 Å². The molecule has 4 bridgehead atoms. The second-order valence-corrected chi connectivity index (χ2v) is 17.4. The van der Waals surface area contributed by atoms with Crippen LogP contribution in [0.2, 0.25) is 0 Å². The Bertz CT molecular complexity index is 2950. The first-order chi connectivity index (χ1) is 28.7. The molecule has 6 aliphatic carbocycles. The molecule has 0 saturated heterocycles. The van der Waals surface area contributed by atoms with E-state index in [9.17, 15) is 0 Å². The summed E-state index contributed by atoms with van der Waals surface area (Å²) in [6.07, 6.45) is 11.0. The Hall–Kier alpha value is -6.52. The van der Waals surface area contributed by atoms with Gasteiger partial charge in [0.25, 0.3) is 0 Å². The lowest BCUT2D eigenvalue weighted by Crippen LogP contribution is -2.55. The third-order valence-electron chi connectivity index (χ3n) is 14.6. The Morgan fingerprint density at radius 1 is 0.362 bits per heavy atom. The minimum Gasteiger partial charge on any atom is -0.264 e. The summed E-state index contributed by atoms with van der Waals surface area (Å²) < 4.78 is 0. The van der Waals surface area contributed by atoms with Crippen molar-refractivity contribution < 1.29 is 0 Å². The summed E-state index contributed by atoms with van der Waals surface area (Å²) in [5, 5.41) is 0. The molecule has 0 unspecified atom stereocenters. The summed E-state index contributed by atoms with van der Waals surface area (Å²) in [5.74, 6) is 5.21. The molecule has 4 fully saturated rings. The SMILES string of the molecule is c1ccc(-c2nc(-c3ccc4c(c3)-c3ccccc3-c3ccccc3-c3ccccc3-4)nc(-c3ccc4c(c3)-c3ccncc3C43C4CC5CC(C4)CC3C5)n2)cc1. The zero-order valence-corrected chi connectivity index (χ0v) is 32.1. The highest BCUT2D eigenvalue weighted by Gasteiger charge is 2.61. The Morgan fingerprint density at radius 3 is 1.40 bits per heavy atom. The van der Waals surface area contributed by atoms with Crippen molar-refractivity contribution >= 4 is 0 Å². The summed E-state index contributed by atoms with van der Waals surface area (Å²) in [7, 11) is 0. The largest absolute Gasteiger partial charge is 0.264 e. The van der Waals surface area contributed by atoms with E-state index in [4.69, 9.17) is 19.9 Å². The number of hydrogen-bond donors (Lipinski definition) is 0. The van der Waals surface area contributed by atoms with Crippen molar-refractivity contribution in [3.8, 4) is 89.8 Å². The van der Waals surface area contributed by atoms with Crippen LogP contribution < -0.4 is 0 Å². The van der Waals surface area contributed by atoms with Crippen molar-refractivity contribution in [2.24, 2.45) is 23.7 Å². The predicted molar refractivity (Wildman–Crippen MR) is 232 cm³/mol. The number of benzene rings is 6. The summed E-state index contributed by atoms with van der Waals surface area (Å²) >= 11 is 0.